The summed E-state index contributed by atoms with van der Waals surface area (Å²) < 4.78 is 17.6. The smallest absolute Gasteiger partial charge is 0.408 e. The summed E-state index contributed by atoms with van der Waals surface area (Å²) in [6, 6.07) is 14.7. The van der Waals surface area contributed by atoms with Crippen molar-refractivity contribution < 1.29 is 38.5 Å². The molecular formula is C39H49N5O8. The molecule has 13 nitrogen and oxygen atoms in total. The standard InChI is InChI=1S/C39H49N5O8/c1-10-23-21-39(23,35(47)48)42-33(45)29-19-26(22-44(29)34(46)32(37(2,3)4)41-36(49)52-38(5,6)7)51-30-20-31(43(8)24-14-12-11-13-15-24)40-28-18-25(50-9)16-17-27(28)30/h10-18,20,23,26,29,32H,1,19,21-22H2,2-9H3,(H,41,49)(H,42,45)(H,47,48)/t23-,26+,29-,32+,39?/m0/s1. The zero-order valence-electron chi connectivity index (χ0n) is 31.1. The molecule has 3 N–H and O–H groups in total. The van der Waals surface area contributed by atoms with Crippen molar-refractivity contribution in [1.82, 2.24) is 20.5 Å². The number of aliphatic carboxylic acids is 1. The molecule has 1 aliphatic heterocycles. The van der Waals surface area contributed by atoms with Gasteiger partial charge in [0.15, 0.2) is 0 Å². The number of carbonyl (C=O) groups excluding carboxylic acids is 3. The van der Waals surface area contributed by atoms with Gasteiger partial charge in [-0.1, -0.05) is 45.0 Å². The largest absolute Gasteiger partial charge is 0.497 e. The van der Waals surface area contributed by atoms with Gasteiger partial charge >= 0.3 is 12.1 Å². The zero-order chi connectivity index (χ0) is 38.2. The Labute approximate surface area is 304 Å². The van der Waals surface area contributed by atoms with E-state index in [0.717, 1.165) is 5.69 Å². The first-order valence-electron chi connectivity index (χ1n) is 17.3. The van der Waals surface area contributed by atoms with Crippen LogP contribution < -0.4 is 25.0 Å². The quantitative estimate of drug-likeness (QED) is 0.218. The summed E-state index contributed by atoms with van der Waals surface area (Å²) in [6.07, 6.45) is 0.275. The molecule has 1 unspecified atom stereocenters. The number of para-hydroxylation sites is 1. The van der Waals surface area contributed by atoms with Crippen LogP contribution in [-0.4, -0.2) is 88.9 Å². The highest BCUT2D eigenvalue weighted by Crippen LogP contribution is 2.45. The van der Waals surface area contributed by atoms with Crippen LogP contribution in [0.25, 0.3) is 10.9 Å². The van der Waals surface area contributed by atoms with Crippen LogP contribution in [0.4, 0.5) is 16.3 Å². The van der Waals surface area contributed by atoms with E-state index in [1.165, 1.54) is 11.0 Å². The second kappa shape index (κ2) is 14.4. The third kappa shape index (κ3) is 8.08. The molecule has 0 radical (unpaired) electrons. The normalized spacial score (nSPS) is 21.8. The Morgan fingerprint density at radius 2 is 1.77 bits per heavy atom. The molecule has 13 heteroatoms. The number of alkyl carbamates (subject to hydrolysis) is 1. The van der Waals surface area contributed by atoms with Crippen LogP contribution in [0, 0.1) is 11.3 Å². The number of hydrogen-bond acceptors (Lipinski definition) is 9. The predicted molar refractivity (Wildman–Crippen MR) is 197 cm³/mol. The van der Waals surface area contributed by atoms with Gasteiger partial charge in [0.2, 0.25) is 11.8 Å². The fraction of sp³-hybridized carbons (Fsp3) is 0.462. The second-order valence-electron chi connectivity index (χ2n) is 15.5. The van der Waals surface area contributed by atoms with Gasteiger partial charge in [0.1, 0.15) is 46.6 Å². The third-order valence-corrected chi connectivity index (χ3v) is 9.40. The van der Waals surface area contributed by atoms with Gasteiger partial charge in [0.25, 0.3) is 0 Å². The monoisotopic (exact) mass is 715 g/mol. The van der Waals surface area contributed by atoms with Gasteiger partial charge in [0, 0.05) is 42.6 Å². The van der Waals surface area contributed by atoms with Crippen LogP contribution in [-0.2, 0) is 19.1 Å². The number of fused-ring (bicyclic) bond motifs is 1. The van der Waals surface area contributed by atoms with Crippen LogP contribution in [0.15, 0.2) is 67.3 Å². The molecule has 3 amide bonds. The van der Waals surface area contributed by atoms with Crippen LogP contribution in [0.1, 0.15) is 54.4 Å². The number of likely N-dealkylation sites (tertiary alicyclic amines) is 1. The number of anilines is 2. The van der Waals surface area contributed by atoms with Gasteiger partial charge in [-0.25, -0.2) is 14.6 Å². The van der Waals surface area contributed by atoms with Crippen LogP contribution in [0.3, 0.4) is 0 Å². The average molecular weight is 716 g/mol. The number of nitrogens with zero attached hydrogens (tertiary/aromatic N) is 3. The molecule has 5 atom stereocenters. The first-order valence-corrected chi connectivity index (χ1v) is 17.3. The topological polar surface area (TPSA) is 160 Å². The molecule has 2 heterocycles. The number of aromatic nitrogens is 1. The van der Waals surface area contributed by atoms with E-state index in [2.05, 4.69) is 17.2 Å². The average Bonchev–Trinajstić information content (AvgIpc) is 3.64. The number of nitrogens with one attached hydrogen (secondary N) is 2. The zero-order valence-corrected chi connectivity index (χ0v) is 31.1. The lowest BCUT2D eigenvalue weighted by Crippen LogP contribution is -2.59. The lowest BCUT2D eigenvalue weighted by Gasteiger charge is -2.35. The van der Waals surface area contributed by atoms with Gasteiger partial charge in [0.05, 0.1) is 19.2 Å². The number of amides is 3. The lowest BCUT2D eigenvalue weighted by molar-refractivity contribution is -0.146. The molecule has 2 fully saturated rings. The summed E-state index contributed by atoms with van der Waals surface area (Å²) in [5, 5.41) is 16.2. The fourth-order valence-corrected chi connectivity index (χ4v) is 6.46. The Morgan fingerprint density at radius 1 is 1.08 bits per heavy atom. The van der Waals surface area contributed by atoms with Crippen molar-refractivity contribution >= 4 is 46.3 Å². The maximum atomic E-state index is 14.5. The van der Waals surface area contributed by atoms with Gasteiger partial charge in [-0.15, -0.1) is 6.58 Å². The van der Waals surface area contributed by atoms with E-state index in [1.807, 2.05) is 54.4 Å². The number of hydrogen-bond donors (Lipinski definition) is 3. The molecule has 0 spiro atoms. The Morgan fingerprint density at radius 3 is 2.35 bits per heavy atom. The molecule has 5 rings (SSSR count). The van der Waals surface area contributed by atoms with Crippen molar-refractivity contribution in [2.45, 2.75) is 83.7 Å². The first-order chi connectivity index (χ1) is 24.4. The Bertz CT molecular complexity index is 1850. The molecular weight excluding hydrogens is 666 g/mol. The van der Waals surface area contributed by atoms with E-state index in [1.54, 1.807) is 60.8 Å². The molecule has 52 heavy (non-hydrogen) atoms. The number of benzene rings is 2. The summed E-state index contributed by atoms with van der Waals surface area (Å²) in [7, 11) is 3.46. The molecule has 278 valence electrons. The molecule has 1 saturated carbocycles. The van der Waals surface area contributed by atoms with Crippen molar-refractivity contribution in [2.24, 2.45) is 11.3 Å². The maximum absolute atomic E-state index is 14.5. The first kappa shape index (κ1) is 37.9. The summed E-state index contributed by atoms with van der Waals surface area (Å²) in [5.41, 5.74) is -1.61. The number of rotatable bonds is 11. The molecule has 1 aliphatic carbocycles. The number of pyridine rings is 1. The predicted octanol–water partition coefficient (Wildman–Crippen LogP) is 5.44. The Balaban J connectivity index is 1.51. The van der Waals surface area contributed by atoms with Crippen molar-refractivity contribution in [3.63, 3.8) is 0 Å². The van der Waals surface area contributed by atoms with E-state index in [9.17, 15) is 24.3 Å². The van der Waals surface area contributed by atoms with E-state index >= 15 is 0 Å². The van der Waals surface area contributed by atoms with Gasteiger partial charge < -0.3 is 39.8 Å². The Kier molecular flexibility index (Phi) is 10.5. The second-order valence-corrected chi connectivity index (χ2v) is 15.5. The highest BCUT2D eigenvalue weighted by Gasteiger charge is 2.61. The van der Waals surface area contributed by atoms with Crippen molar-refractivity contribution in [2.75, 3.05) is 25.6 Å². The van der Waals surface area contributed by atoms with Crippen LogP contribution in [0.2, 0.25) is 0 Å². The molecule has 1 saturated heterocycles. The van der Waals surface area contributed by atoms with Crippen LogP contribution in [0.5, 0.6) is 11.5 Å². The van der Waals surface area contributed by atoms with Crippen LogP contribution >= 0.6 is 0 Å². The Hall–Kier alpha value is -5.33. The molecule has 3 aromatic rings. The fourth-order valence-electron chi connectivity index (χ4n) is 6.46. The minimum Gasteiger partial charge on any atom is -0.497 e. The van der Waals surface area contributed by atoms with Gasteiger partial charge in [-0.3, -0.25) is 9.59 Å². The highest BCUT2D eigenvalue weighted by molar-refractivity contribution is 5.96. The van der Waals surface area contributed by atoms with E-state index < -0.39 is 64.5 Å². The highest BCUT2D eigenvalue weighted by atomic mass is 16.6. The molecule has 0 bridgehead atoms. The SMILES string of the molecule is C=C[C@H]1CC1(NC(=O)[C@@H]1C[C@@H](Oc2cc(N(C)c3ccccc3)nc3cc(OC)ccc23)CN1C(=O)[C@@H](NC(=O)OC(C)(C)C)C(C)(C)C)C(=O)O. The van der Waals surface area contributed by atoms with E-state index in [4.69, 9.17) is 19.2 Å². The summed E-state index contributed by atoms with van der Waals surface area (Å²) in [4.78, 5) is 62.0. The molecule has 2 aromatic carbocycles. The van der Waals surface area contributed by atoms with Crippen molar-refractivity contribution in [3.8, 4) is 11.5 Å². The molecule has 2 aliphatic rings. The number of carboxylic acids is 1. The number of methoxy groups -OCH3 is 1. The van der Waals surface area contributed by atoms with E-state index in [0.29, 0.717) is 28.2 Å². The molecule has 1 aromatic heterocycles. The summed E-state index contributed by atoms with van der Waals surface area (Å²) in [5.74, 6) is -1.13. The number of carbonyl (C=O) groups is 4. The van der Waals surface area contributed by atoms with Crippen molar-refractivity contribution in [3.05, 3.63) is 67.3 Å². The minimum atomic E-state index is -1.51. The number of ether oxygens (including phenoxy) is 3. The number of carboxylic acid groups (broad SMARTS) is 1. The van der Waals surface area contributed by atoms with Gasteiger partial charge in [-0.2, -0.15) is 0 Å². The summed E-state index contributed by atoms with van der Waals surface area (Å²) >= 11 is 0. The minimum absolute atomic E-state index is 0.0196. The summed E-state index contributed by atoms with van der Waals surface area (Å²) in [6.45, 7) is 14.3. The van der Waals surface area contributed by atoms with Crippen molar-refractivity contribution in [1.29, 1.82) is 0 Å². The lowest BCUT2D eigenvalue weighted by atomic mass is 9.85. The van der Waals surface area contributed by atoms with E-state index in [-0.39, 0.29) is 19.4 Å². The maximum Gasteiger partial charge on any atom is 0.408 e. The third-order valence-electron chi connectivity index (χ3n) is 9.40. The van der Waals surface area contributed by atoms with Gasteiger partial charge in [-0.05, 0) is 56.9 Å².